The number of nitrogens with one attached hydrogen (secondary N) is 3. The second kappa shape index (κ2) is 12.7. The number of hydrogen-bond donors (Lipinski definition) is 3. The smallest absolute Gasteiger partial charge is 0.239 e. The molecule has 146 valence electrons. The van der Waals surface area contributed by atoms with E-state index in [0.29, 0.717) is 25.2 Å². The summed E-state index contributed by atoms with van der Waals surface area (Å²) in [6.45, 7) is 4.74. The van der Waals surface area contributed by atoms with E-state index in [-0.39, 0.29) is 36.4 Å². The maximum Gasteiger partial charge on any atom is 0.239 e. The van der Waals surface area contributed by atoms with E-state index in [2.05, 4.69) is 25.8 Å². The molecule has 0 aromatic rings. The summed E-state index contributed by atoms with van der Waals surface area (Å²) >= 11 is 0. The van der Waals surface area contributed by atoms with Gasteiger partial charge in [-0.2, -0.15) is 0 Å². The molecule has 0 aromatic heterocycles. The Morgan fingerprint density at radius 3 is 2.68 bits per heavy atom. The Bertz CT molecular complexity index is 416. The summed E-state index contributed by atoms with van der Waals surface area (Å²) in [6, 6.07) is 0.411. The number of methoxy groups -OCH3 is 1. The van der Waals surface area contributed by atoms with Gasteiger partial charge in [0.2, 0.25) is 5.91 Å². The van der Waals surface area contributed by atoms with E-state index in [0.717, 1.165) is 25.4 Å². The van der Waals surface area contributed by atoms with Crippen molar-refractivity contribution in [3.05, 3.63) is 0 Å². The SMILES string of the molecule is CN=C(NCC(=O)NCCOC)NC1CCN(CC2CCCC2)C1.I. The predicted octanol–water partition coefficient (Wildman–Crippen LogP) is 0.797. The molecule has 1 unspecified atom stereocenters. The number of guanidine groups is 1. The van der Waals surface area contributed by atoms with Gasteiger partial charge in [0.15, 0.2) is 5.96 Å². The third kappa shape index (κ3) is 8.54. The lowest BCUT2D eigenvalue weighted by atomic mass is 10.1. The van der Waals surface area contributed by atoms with Crippen LogP contribution in [0.25, 0.3) is 0 Å². The van der Waals surface area contributed by atoms with Crippen LogP contribution in [0, 0.1) is 5.92 Å². The fraction of sp³-hybridized carbons (Fsp3) is 0.882. The number of halogens is 1. The van der Waals surface area contributed by atoms with Gasteiger partial charge in [-0.05, 0) is 25.2 Å². The molecule has 2 aliphatic rings. The second-order valence-corrected chi connectivity index (χ2v) is 6.81. The normalized spacial score (nSPS) is 21.8. The summed E-state index contributed by atoms with van der Waals surface area (Å²) in [5.41, 5.74) is 0. The first-order chi connectivity index (χ1) is 11.7. The molecule has 2 rings (SSSR count). The Morgan fingerprint density at radius 2 is 2.00 bits per heavy atom. The summed E-state index contributed by atoms with van der Waals surface area (Å²) in [5.74, 6) is 1.55. The number of aliphatic imine (C=N–C) groups is 1. The molecular weight excluding hydrogens is 433 g/mol. The van der Waals surface area contributed by atoms with Gasteiger partial charge >= 0.3 is 0 Å². The van der Waals surface area contributed by atoms with E-state index >= 15 is 0 Å². The molecule has 3 N–H and O–H groups in total. The molecule has 1 aliphatic heterocycles. The van der Waals surface area contributed by atoms with E-state index in [1.165, 1.54) is 32.2 Å². The Morgan fingerprint density at radius 1 is 1.24 bits per heavy atom. The molecule has 1 aliphatic carbocycles. The minimum Gasteiger partial charge on any atom is -0.383 e. The third-order valence-corrected chi connectivity index (χ3v) is 4.87. The van der Waals surface area contributed by atoms with Crippen LogP contribution in [-0.4, -0.2) is 76.3 Å². The van der Waals surface area contributed by atoms with Gasteiger partial charge in [0.1, 0.15) is 0 Å². The van der Waals surface area contributed by atoms with Crippen molar-refractivity contribution in [1.29, 1.82) is 0 Å². The number of likely N-dealkylation sites (tertiary alicyclic amines) is 1. The molecule has 1 atom stereocenters. The Labute approximate surface area is 168 Å². The van der Waals surface area contributed by atoms with Gasteiger partial charge in [-0.3, -0.25) is 9.79 Å². The molecule has 1 heterocycles. The topological polar surface area (TPSA) is 78.0 Å². The van der Waals surface area contributed by atoms with Crippen LogP contribution in [0.5, 0.6) is 0 Å². The lowest BCUT2D eigenvalue weighted by Crippen LogP contribution is -2.47. The molecule has 1 amide bonds. The zero-order valence-corrected chi connectivity index (χ0v) is 17.9. The number of ether oxygens (including phenoxy) is 1. The molecule has 0 radical (unpaired) electrons. The van der Waals surface area contributed by atoms with E-state index in [9.17, 15) is 4.79 Å². The molecule has 0 bridgehead atoms. The molecule has 0 aromatic carbocycles. The molecule has 25 heavy (non-hydrogen) atoms. The molecule has 7 nitrogen and oxygen atoms in total. The van der Waals surface area contributed by atoms with Crippen LogP contribution in [0.3, 0.4) is 0 Å². The van der Waals surface area contributed by atoms with E-state index in [4.69, 9.17) is 4.74 Å². The summed E-state index contributed by atoms with van der Waals surface area (Å²) in [6.07, 6.45) is 6.74. The molecule has 8 heteroatoms. The maximum atomic E-state index is 11.7. The zero-order chi connectivity index (χ0) is 17.2. The van der Waals surface area contributed by atoms with Crippen molar-refractivity contribution in [3.8, 4) is 0 Å². The third-order valence-electron chi connectivity index (χ3n) is 4.87. The quantitative estimate of drug-likeness (QED) is 0.213. The van der Waals surface area contributed by atoms with E-state index in [1.807, 2.05) is 0 Å². The lowest BCUT2D eigenvalue weighted by Gasteiger charge is -2.21. The summed E-state index contributed by atoms with van der Waals surface area (Å²) in [7, 11) is 3.36. The Kier molecular flexibility index (Phi) is 11.4. The Balaban J connectivity index is 0.00000312. The van der Waals surface area contributed by atoms with Crippen molar-refractivity contribution >= 4 is 35.8 Å². The minimum absolute atomic E-state index is 0. The largest absolute Gasteiger partial charge is 0.383 e. The van der Waals surface area contributed by atoms with E-state index in [1.54, 1.807) is 14.2 Å². The number of hydrogen-bond acceptors (Lipinski definition) is 4. The van der Waals surface area contributed by atoms with Crippen LogP contribution >= 0.6 is 24.0 Å². The first-order valence-corrected chi connectivity index (χ1v) is 9.16. The van der Waals surface area contributed by atoms with Crippen molar-refractivity contribution in [2.75, 3.05) is 53.5 Å². The fourth-order valence-electron chi connectivity index (χ4n) is 3.58. The fourth-order valence-corrected chi connectivity index (χ4v) is 3.58. The highest BCUT2D eigenvalue weighted by Gasteiger charge is 2.26. The van der Waals surface area contributed by atoms with Crippen LogP contribution in [0.4, 0.5) is 0 Å². The number of carbonyl (C=O) groups excluding carboxylic acids is 1. The van der Waals surface area contributed by atoms with Gasteiger partial charge in [-0.1, -0.05) is 12.8 Å². The highest BCUT2D eigenvalue weighted by Crippen LogP contribution is 2.26. The van der Waals surface area contributed by atoms with Gasteiger partial charge in [0.25, 0.3) is 0 Å². The van der Waals surface area contributed by atoms with Gasteiger partial charge in [0, 0.05) is 46.4 Å². The highest BCUT2D eigenvalue weighted by atomic mass is 127. The maximum absolute atomic E-state index is 11.7. The average molecular weight is 467 g/mol. The monoisotopic (exact) mass is 467 g/mol. The van der Waals surface area contributed by atoms with Crippen LogP contribution in [0.2, 0.25) is 0 Å². The van der Waals surface area contributed by atoms with Gasteiger partial charge in [-0.15, -0.1) is 24.0 Å². The van der Waals surface area contributed by atoms with Gasteiger partial charge < -0.3 is 25.6 Å². The van der Waals surface area contributed by atoms with Crippen molar-refractivity contribution in [2.45, 2.75) is 38.1 Å². The molecule has 0 spiro atoms. The van der Waals surface area contributed by atoms with Crippen LogP contribution < -0.4 is 16.0 Å². The molecule has 2 fully saturated rings. The lowest BCUT2D eigenvalue weighted by molar-refractivity contribution is -0.120. The molecular formula is C17H34IN5O2. The first-order valence-electron chi connectivity index (χ1n) is 9.16. The van der Waals surface area contributed by atoms with Gasteiger partial charge in [-0.25, -0.2) is 0 Å². The van der Waals surface area contributed by atoms with Crippen LogP contribution in [-0.2, 0) is 9.53 Å². The minimum atomic E-state index is -0.0516. The first kappa shape index (κ1) is 22.4. The number of nitrogens with zero attached hydrogens (tertiary/aromatic N) is 2. The predicted molar refractivity (Wildman–Crippen MR) is 112 cm³/mol. The zero-order valence-electron chi connectivity index (χ0n) is 15.6. The molecule has 1 saturated carbocycles. The average Bonchev–Trinajstić information content (AvgIpc) is 3.24. The number of amides is 1. The number of rotatable bonds is 8. The number of carbonyl (C=O) groups is 1. The van der Waals surface area contributed by atoms with Crippen molar-refractivity contribution < 1.29 is 9.53 Å². The van der Waals surface area contributed by atoms with Crippen molar-refractivity contribution in [3.63, 3.8) is 0 Å². The van der Waals surface area contributed by atoms with Crippen LogP contribution in [0.1, 0.15) is 32.1 Å². The Hall–Kier alpha value is -0.610. The standard InChI is InChI=1S/C17H33N5O2.HI/c1-18-17(20-11-16(23)19-8-10-24-2)21-15-7-9-22(13-15)12-14-5-3-4-6-14;/h14-15H,3-13H2,1-2H3,(H,19,23)(H2,18,20,21);1H. The highest BCUT2D eigenvalue weighted by molar-refractivity contribution is 14.0. The molecule has 1 saturated heterocycles. The summed E-state index contributed by atoms with van der Waals surface area (Å²) in [5, 5.41) is 9.30. The van der Waals surface area contributed by atoms with E-state index < -0.39 is 0 Å². The van der Waals surface area contributed by atoms with Crippen molar-refractivity contribution in [2.24, 2.45) is 10.9 Å². The second-order valence-electron chi connectivity index (χ2n) is 6.81. The van der Waals surface area contributed by atoms with Crippen molar-refractivity contribution in [1.82, 2.24) is 20.9 Å². The van der Waals surface area contributed by atoms with Gasteiger partial charge in [0.05, 0.1) is 13.2 Å². The summed E-state index contributed by atoms with van der Waals surface area (Å²) in [4.78, 5) is 18.5. The summed E-state index contributed by atoms with van der Waals surface area (Å²) < 4.78 is 4.91. The van der Waals surface area contributed by atoms with Crippen LogP contribution in [0.15, 0.2) is 4.99 Å².